The third kappa shape index (κ3) is 4.41. The van der Waals surface area contributed by atoms with Crippen LogP contribution in [-0.4, -0.2) is 27.6 Å². The summed E-state index contributed by atoms with van der Waals surface area (Å²) in [5.74, 6) is 0.274. The number of anilines is 1. The number of nitrogens with one attached hydrogen (secondary N) is 1. The summed E-state index contributed by atoms with van der Waals surface area (Å²) in [7, 11) is 0. The lowest BCUT2D eigenvalue weighted by molar-refractivity contribution is -0.160. The van der Waals surface area contributed by atoms with Crippen LogP contribution in [-0.2, 0) is 20.7 Å². The first-order valence-corrected chi connectivity index (χ1v) is 8.30. The van der Waals surface area contributed by atoms with E-state index in [1.54, 1.807) is 24.3 Å². The first-order valence-electron chi connectivity index (χ1n) is 8.30. The van der Waals surface area contributed by atoms with Gasteiger partial charge in [0.05, 0.1) is 12.7 Å². The van der Waals surface area contributed by atoms with Gasteiger partial charge in [0.25, 0.3) is 5.91 Å². The molecule has 0 saturated heterocycles. The van der Waals surface area contributed by atoms with Crippen LogP contribution < -0.4 is 5.32 Å². The summed E-state index contributed by atoms with van der Waals surface area (Å²) in [6.45, 7) is 4.31. The summed E-state index contributed by atoms with van der Waals surface area (Å²) in [6, 6.07) is 10.7. The van der Waals surface area contributed by atoms with Gasteiger partial charge in [0.2, 0.25) is 11.7 Å². The van der Waals surface area contributed by atoms with Crippen LogP contribution in [0.15, 0.2) is 51.6 Å². The highest BCUT2D eigenvalue weighted by Crippen LogP contribution is 2.22. The van der Waals surface area contributed by atoms with E-state index >= 15 is 0 Å². The molecule has 27 heavy (non-hydrogen) atoms. The Bertz CT molecular complexity index is 944. The Morgan fingerprint density at radius 2 is 1.96 bits per heavy atom. The average molecular weight is 369 g/mol. The van der Waals surface area contributed by atoms with Gasteiger partial charge in [0.1, 0.15) is 0 Å². The van der Waals surface area contributed by atoms with Gasteiger partial charge >= 0.3 is 5.97 Å². The number of aromatic nitrogens is 2. The minimum Gasteiger partial charge on any atom is -0.461 e. The van der Waals surface area contributed by atoms with E-state index in [1.165, 1.54) is 27.0 Å². The molecule has 0 saturated carbocycles. The zero-order chi connectivity index (χ0) is 19.4. The van der Waals surface area contributed by atoms with Gasteiger partial charge in [-0.15, -0.1) is 0 Å². The number of furan rings is 1. The second-order valence-corrected chi connectivity index (χ2v) is 6.38. The molecule has 3 rings (SSSR count). The van der Waals surface area contributed by atoms with Crippen molar-refractivity contribution in [2.75, 3.05) is 5.32 Å². The van der Waals surface area contributed by atoms with E-state index in [4.69, 9.17) is 13.7 Å². The maximum atomic E-state index is 12.5. The molecule has 0 aliphatic rings. The van der Waals surface area contributed by atoms with E-state index in [9.17, 15) is 9.59 Å². The van der Waals surface area contributed by atoms with Crippen molar-refractivity contribution in [1.29, 1.82) is 0 Å². The molecule has 0 fully saturated rings. The van der Waals surface area contributed by atoms with Crippen molar-refractivity contribution in [2.24, 2.45) is 0 Å². The lowest BCUT2D eigenvalue weighted by Crippen LogP contribution is -2.41. The fraction of sp³-hybridized carbons (Fsp3) is 0.263. The fourth-order valence-electron chi connectivity index (χ4n) is 2.47. The van der Waals surface area contributed by atoms with Gasteiger partial charge < -0.3 is 19.0 Å². The molecule has 140 valence electrons. The molecule has 1 N–H and O–H groups in total. The van der Waals surface area contributed by atoms with Crippen LogP contribution in [0, 0.1) is 0 Å². The molecule has 2 heterocycles. The second kappa shape index (κ2) is 7.45. The quantitative estimate of drug-likeness (QED) is 0.665. The smallest absolute Gasteiger partial charge is 0.303 e. The normalized spacial score (nSPS) is 11.2. The van der Waals surface area contributed by atoms with Gasteiger partial charge in [-0.05, 0) is 37.6 Å². The van der Waals surface area contributed by atoms with Crippen molar-refractivity contribution in [3.05, 3.63) is 54.1 Å². The predicted octanol–water partition coefficient (Wildman–Crippen LogP) is 3.20. The Morgan fingerprint density at radius 3 is 2.67 bits per heavy atom. The molecule has 0 atom stereocenters. The Kier molecular flexibility index (Phi) is 5.07. The highest BCUT2D eigenvalue weighted by molar-refractivity contribution is 5.98. The predicted molar refractivity (Wildman–Crippen MR) is 95.7 cm³/mol. The Labute approximate surface area is 155 Å². The van der Waals surface area contributed by atoms with Crippen molar-refractivity contribution in [3.8, 4) is 11.6 Å². The van der Waals surface area contributed by atoms with Crippen molar-refractivity contribution in [3.63, 3.8) is 0 Å². The number of ether oxygens (including phenoxy) is 1. The second-order valence-electron chi connectivity index (χ2n) is 6.38. The molecule has 0 spiro atoms. The Balaban J connectivity index is 1.76. The zero-order valence-electron chi connectivity index (χ0n) is 15.2. The average Bonchev–Trinajstić information content (AvgIpc) is 3.26. The third-order valence-electron chi connectivity index (χ3n) is 3.76. The molecule has 0 radical (unpaired) electrons. The number of carbonyl (C=O) groups is 2. The summed E-state index contributed by atoms with van der Waals surface area (Å²) < 4.78 is 15.6. The van der Waals surface area contributed by atoms with E-state index in [2.05, 4.69) is 15.5 Å². The number of amides is 1. The summed E-state index contributed by atoms with van der Waals surface area (Å²) in [5, 5.41) is 6.68. The molecular weight excluding hydrogens is 350 g/mol. The van der Waals surface area contributed by atoms with Gasteiger partial charge in [-0.25, -0.2) is 0 Å². The Morgan fingerprint density at radius 1 is 1.19 bits per heavy atom. The standard InChI is InChI=1S/C19H19N3O5/c1-12(23)26-19(2,3)18(24)20-14-8-5-4-7-13(14)11-16-21-17(22-27-16)15-9-6-10-25-15/h4-10H,11H2,1-3H3,(H,20,24). The minimum atomic E-state index is -1.30. The number of carbonyl (C=O) groups excluding carboxylic acids is 2. The van der Waals surface area contributed by atoms with Gasteiger partial charge in [-0.1, -0.05) is 23.4 Å². The SMILES string of the molecule is CC(=O)OC(C)(C)C(=O)Nc1ccccc1Cc1nc(-c2ccco2)no1. The van der Waals surface area contributed by atoms with E-state index < -0.39 is 17.5 Å². The van der Waals surface area contributed by atoms with Gasteiger partial charge in [-0.2, -0.15) is 4.98 Å². The number of esters is 1. The molecular formula is C19H19N3O5. The number of nitrogens with zero attached hydrogens (tertiary/aromatic N) is 2. The summed E-state index contributed by atoms with van der Waals surface area (Å²) in [5.41, 5.74) is 0.0511. The molecule has 8 heteroatoms. The lowest BCUT2D eigenvalue weighted by atomic mass is 10.1. The molecule has 2 aromatic heterocycles. The molecule has 3 aromatic rings. The number of benzene rings is 1. The third-order valence-corrected chi connectivity index (χ3v) is 3.76. The monoisotopic (exact) mass is 369 g/mol. The lowest BCUT2D eigenvalue weighted by Gasteiger charge is -2.23. The molecule has 0 aliphatic carbocycles. The zero-order valence-corrected chi connectivity index (χ0v) is 15.2. The van der Waals surface area contributed by atoms with Crippen LogP contribution in [0.3, 0.4) is 0 Å². The highest BCUT2D eigenvalue weighted by Gasteiger charge is 2.31. The maximum Gasteiger partial charge on any atom is 0.303 e. The summed E-state index contributed by atoms with van der Waals surface area (Å²) in [4.78, 5) is 28.0. The first kappa shape index (κ1) is 18.4. The van der Waals surface area contributed by atoms with E-state index in [1.807, 2.05) is 12.1 Å². The van der Waals surface area contributed by atoms with Gasteiger partial charge in [0, 0.05) is 12.6 Å². The van der Waals surface area contributed by atoms with Crippen LogP contribution in [0.2, 0.25) is 0 Å². The number of para-hydroxylation sites is 1. The van der Waals surface area contributed by atoms with Crippen molar-refractivity contribution < 1.29 is 23.3 Å². The molecule has 0 bridgehead atoms. The molecule has 1 amide bonds. The van der Waals surface area contributed by atoms with E-state index in [-0.39, 0.29) is 0 Å². The largest absolute Gasteiger partial charge is 0.461 e. The fourth-order valence-corrected chi connectivity index (χ4v) is 2.47. The molecule has 0 aliphatic heterocycles. The minimum absolute atomic E-state index is 0.318. The first-order chi connectivity index (χ1) is 12.8. The van der Waals surface area contributed by atoms with Crippen LogP contribution in [0.5, 0.6) is 0 Å². The van der Waals surface area contributed by atoms with Crippen LogP contribution in [0.25, 0.3) is 11.6 Å². The van der Waals surface area contributed by atoms with Crippen molar-refractivity contribution in [1.82, 2.24) is 10.1 Å². The van der Waals surface area contributed by atoms with E-state index in [0.29, 0.717) is 29.6 Å². The molecule has 1 aromatic carbocycles. The van der Waals surface area contributed by atoms with Crippen LogP contribution >= 0.6 is 0 Å². The molecule has 0 unspecified atom stereocenters. The highest BCUT2D eigenvalue weighted by atomic mass is 16.6. The number of hydrogen-bond donors (Lipinski definition) is 1. The number of hydrogen-bond acceptors (Lipinski definition) is 7. The topological polar surface area (TPSA) is 107 Å². The number of rotatable bonds is 6. The van der Waals surface area contributed by atoms with Gasteiger partial charge in [-0.3, -0.25) is 9.59 Å². The van der Waals surface area contributed by atoms with Crippen molar-refractivity contribution >= 4 is 17.6 Å². The van der Waals surface area contributed by atoms with Crippen molar-refractivity contribution in [2.45, 2.75) is 32.8 Å². The molecule has 8 nitrogen and oxygen atoms in total. The maximum absolute atomic E-state index is 12.5. The van der Waals surface area contributed by atoms with Crippen LogP contribution in [0.4, 0.5) is 5.69 Å². The Hall–Kier alpha value is -3.42. The van der Waals surface area contributed by atoms with Gasteiger partial charge in [0.15, 0.2) is 11.4 Å². The summed E-state index contributed by atoms with van der Waals surface area (Å²) >= 11 is 0. The summed E-state index contributed by atoms with van der Waals surface area (Å²) in [6.07, 6.45) is 1.85. The van der Waals surface area contributed by atoms with Crippen LogP contribution in [0.1, 0.15) is 32.2 Å². The van der Waals surface area contributed by atoms with E-state index in [0.717, 1.165) is 5.56 Å².